The number of halogens is 1. The Morgan fingerprint density at radius 1 is 1.03 bits per heavy atom. The van der Waals surface area contributed by atoms with E-state index in [2.05, 4.69) is 44.3 Å². The van der Waals surface area contributed by atoms with Crippen molar-refractivity contribution in [2.45, 2.75) is 56.4 Å². The second kappa shape index (κ2) is 10.6. The highest BCUT2D eigenvalue weighted by atomic mass is 35.5. The molecular weight excluding hydrogens is 464 g/mol. The molecule has 2 aromatic carbocycles. The fraction of sp³-hybridized carbons (Fsp3) is 0.308. The minimum atomic E-state index is 0.481. The lowest BCUT2D eigenvalue weighted by atomic mass is 9.96. The first-order valence-corrected chi connectivity index (χ1v) is 13.0. The van der Waals surface area contributed by atoms with E-state index in [1.165, 1.54) is 49.6 Å². The molecule has 1 saturated carbocycles. The quantitative estimate of drug-likeness (QED) is 0.266. The molecule has 0 aliphatic heterocycles. The Morgan fingerprint density at radius 2 is 1.88 bits per heavy atom. The number of aromatic nitrogens is 4. The van der Waals surface area contributed by atoms with Crippen LogP contribution in [0, 0.1) is 0 Å². The van der Waals surface area contributed by atoms with Crippen molar-refractivity contribution in [1.29, 1.82) is 0 Å². The molecule has 174 valence electrons. The fourth-order valence-electron chi connectivity index (χ4n) is 4.31. The van der Waals surface area contributed by atoms with Crippen LogP contribution >= 0.6 is 23.5 Å². The lowest BCUT2D eigenvalue weighted by Gasteiger charge is -2.22. The maximum absolute atomic E-state index is 6.22. The Hall–Kier alpha value is -2.90. The predicted octanol–water partition coefficient (Wildman–Crippen LogP) is 7.17. The van der Waals surface area contributed by atoms with Crippen molar-refractivity contribution >= 4 is 46.2 Å². The second-order valence-corrected chi connectivity index (χ2v) is 9.79. The van der Waals surface area contributed by atoms with Gasteiger partial charge in [-0.15, -0.1) is 10.2 Å². The van der Waals surface area contributed by atoms with Crippen molar-refractivity contribution in [1.82, 2.24) is 20.2 Å². The third kappa shape index (κ3) is 5.26. The molecule has 2 N–H and O–H groups in total. The van der Waals surface area contributed by atoms with Gasteiger partial charge in [0.1, 0.15) is 0 Å². The summed E-state index contributed by atoms with van der Waals surface area (Å²) < 4.78 is 3.20. The molecule has 5 rings (SSSR count). The highest BCUT2D eigenvalue weighted by Crippen LogP contribution is 2.29. The molecule has 2 aromatic heterocycles. The predicted molar refractivity (Wildman–Crippen MR) is 141 cm³/mol. The summed E-state index contributed by atoms with van der Waals surface area (Å²) in [6.07, 6.45) is 9.08. The van der Waals surface area contributed by atoms with E-state index in [9.17, 15) is 0 Å². The lowest BCUT2D eigenvalue weighted by molar-refractivity contribution is 0.461. The molecule has 0 amide bonds. The monoisotopic (exact) mass is 490 g/mol. The maximum Gasteiger partial charge on any atom is 0.223 e. The Kier molecular flexibility index (Phi) is 7.11. The topological polar surface area (TPSA) is 75.6 Å². The summed E-state index contributed by atoms with van der Waals surface area (Å²) in [6.45, 7) is 2.15. The van der Waals surface area contributed by atoms with Crippen molar-refractivity contribution in [2.24, 2.45) is 0 Å². The molecule has 1 aliphatic carbocycles. The summed E-state index contributed by atoms with van der Waals surface area (Å²) in [5, 5.41) is 14.1. The van der Waals surface area contributed by atoms with Crippen LogP contribution in [-0.4, -0.2) is 26.2 Å². The zero-order valence-electron chi connectivity index (χ0n) is 19.1. The summed E-state index contributed by atoms with van der Waals surface area (Å²) in [5.41, 5.74) is 4.01. The van der Waals surface area contributed by atoms with E-state index >= 15 is 0 Å². The number of hydrogen-bond donors (Lipinski definition) is 2. The molecule has 1 fully saturated rings. The van der Waals surface area contributed by atoms with Gasteiger partial charge in [-0.1, -0.05) is 49.9 Å². The molecule has 0 radical (unpaired) electrons. The number of anilines is 2. The third-order valence-electron chi connectivity index (χ3n) is 6.14. The van der Waals surface area contributed by atoms with E-state index in [0.717, 1.165) is 39.4 Å². The molecule has 0 saturated heterocycles. The van der Waals surface area contributed by atoms with Gasteiger partial charge in [0.25, 0.3) is 0 Å². The number of aryl methyl sites for hydroxylation is 1. The Bertz CT molecular complexity index is 1270. The molecule has 34 heavy (non-hydrogen) atoms. The fourth-order valence-corrected chi connectivity index (χ4v) is 5.20. The first-order valence-electron chi connectivity index (χ1n) is 11.8. The molecule has 0 unspecified atom stereocenters. The molecule has 0 spiro atoms. The zero-order valence-corrected chi connectivity index (χ0v) is 20.7. The van der Waals surface area contributed by atoms with Crippen molar-refractivity contribution in [3.05, 3.63) is 65.3 Å². The highest BCUT2D eigenvalue weighted by Gasteiger charge is 2.15. The average molecular weight is 491 g/mol. The number of nitrogens with one attached hydrogen (secondary N) is 2. The van der Waals surface area contributed by atoms with Gasteiger partial charge in [-0.2, -0.15) is 0 Å². The molecule has 0 atom stereocenters. The van der Waals surface area contributed by atoms with Crippen LogP contribution in [0.3, 0.4) is 0 Å². The van der Waals surface area contributed by atoms with E-state index in [0.29, 0.717) is 16.9 Å². The third-order valence-corrected chi connectivity index (χ3v) is 7.47. The number of rotatable bonds is 7. The van der Waals surface area contributed by atoms with Crippen molar-refractivity contribution < 1.29 is 0 Å². The smallest absolute Gasteiger partial charge is 0.223 e. The highest BCUT2D eigenvalue weighted by molar-refractivity contribution is 8.00. The van der Waals surface area contributed by atoms with E-state index < -0.39 is 0 Å². The van der Waals surface area contributed by atoms with Gasteiger partial charge >= 0.3 is 0 Å². The first kappa shape index (κ1) is 22.9. The lowest BCUT2D eigenvalue weighted by Crippen LogP contribution is -2.23. The van der Waals surface area contributed by atoms with Crippen molar-refractivity contribution in [3.63, 3.8) is 0 Å². The van der Waals surface area contributed by atoms with Crippen molar-refractivity contribution in [3.8, 4) is 11.3 Å². The number of nitrogens with zero attached hydrogens (tertiary/aromatic N) is 4. The Balaban J connectivity index is 1.34. The van der Waals surface area contributed by atoms with Gasteiger partial charge < -0.3 is 10.0 Å². The van der Waals surface area contributed by atoms with E-state index in [1.54, 1.807) is 0 Å². The minimum absolute atomic E-state index is 0.481. The van der Waals surface area contributed by atoms with Crippen LogP contribution in [0.4, 0.5) is 11.8 Å². The van der Waals surface area contributed by atoms with Crippen LogP contribution in [0.25, 0.3) is 22.2 Å². The molecule has 1 aliphatic rings. The molecule has 4 aromatic rings. The number of fused-ring (bicyclic) bond motifs is 1. The van der Waals surface area contributed by atoms with Crippen LogP contribution < -0.4 is 10.0 Å². The van der Waals surface area contributed by atoms with Gasteiger partial charge in [0.2, 0.25) is 5.95 Å². The standard InChI is InChI=1S/C26H27ClN6S/c1-2-17-14-18(15-19-16-28-26(30-25(17)19)29-20-8-4-3-5-9-20)22-12-13-24(32-31-22)33-34-23-11-7-6-10-21(23)27/h6-7,10-16,20H,2-5,8-9H2,1H3,(H,32,33)(H,28,29,30). The first-order chi connectivity index (χ1) is 16.7. The van der Waals surface area contributed by atoms with Gasteiger partial charge in [-0.3, -0.25) is 0 Å². The molecule has 6 nitrogen and oxygen atoms in total. The normalized spacial score (nSPS) is 14.3. The Labute approximate surface area is 209 Å². The summed E-state index contributed by atoms with van der Waals surface area (Å²) in [7, 11) is 0. The van der Waals surface area contributed by atoms with Gasteiger partial charge in [0, 0.05) is 28.1 Å². The number of benzene rings is 2. The molecule has 0 bridgehead atoms. The van der Waals surface area contributed by atoms with Gasteiger partial charge in [-0.05, 0) is 73.2 Å². The van der Waals surface area contributed by atoms with Crippen LogP contribution in [0.15, 0.2) is 59.6 Å². The minimum Gasteiger partial charge on any atom is -0.351 e. The van der Waals surface area contributed by atoms with Gasteiger partial charge in [0.15, 0.2) is 5.82 Å². The number of hydrogen-bond acceptors (Lipinski definition) is 7. The summed E-state index contributed by atoms with van der Waals surface area (Å²) in [6, 6.07) is 16.3. The second-order valence-electron chi connectivity index (χ2n) is 8.54. The summed E-state index contributed by atoms with van der Waals surface area (Å²) in [5.74, 6) is 1.40. The van der Waals surface area contributed by atoms with Crippen LogP contribution in [0.2, 0.25) is 5.02 Å². The summed E-state index contributed by atoms with van der Waals surface area (Å²) in [4.78, 5) is 10.4. The zero-order chi connectivity index (χ0) is 23.3. The van der Waals surface area contributed by atoms with E-state index in [-0.39, 0.29) is 0 Å². The van der Waals surface area contributed by atoms with Crippen LogP contribution in [-0.2, 0) is 6.42 Å². The van der Waals surface area contributed by atoms with E-state index in [4.69, 9.17) is 16.6 Å². The molecular formula is C26H27ClN6S. The largest absolute Gasteiger partial charge is 0.351 e. The van der Waals surface area contributed by atoms with Gasteiger partial charge in [-0.25, -0.2) is 9.97 Å². The Morgan fingerprint density at radius 3 is 2.65 bits per heavy atom. The van der Waals surface area contributed by atoms with E-state index in [1.807, 2.05) is 42.6 Å². The van der Waals surface area contributed by atoms with Gasteiger partial charge in [0.05, 0.1) is 16.2 Å². The van der Waals surface area contributed by atoms with Crippen LogP contribution in [0.1, 0.15) is 44.6 Å². The molecule has 2 heterocycles. The average Bonchev–Trinajstić information content (AvgIpc) is 2.88. The maximum atomic E-state index is 6.22. The van der Waals surface area contributed by atoms with Crippen molar-refractivity contribution in [2.75, 3.05) is 10.0 Å². The molecule has 8 heteroatoms. The SMILES string of the molecule is CCc1cc(-c2ccc(NSc3ccccc3Cl)nn2)cc2cnc(NC3CCCCC3)nc12. The van der Waals surface area contributed by atoms with Crippen LogP contribution in [0.5, 0.6) is 0 Å². The summed E-state index contributed by atoms with van der Waals surface area (Å²) >= 11 is 7.64.